The molecule has 1 aliphatic rings. The lowest BCUT2D eigenvalue weighted by Gasteiger charge is -2.36. The minimum atomic E-state index is -0.398. The van der Waals surface area contributed by atoms with Crippen molar-refractivity contribution in [1.82, 2.24) is 9.47 Å². The highest BCUT2D eigenvalue weighted by molar-refractivity contribution is 7.10. The molecule has 0 saturated heterocycles. The molecule has 156 valence electrons. The molecule has 1 unspecified atom stereocenters. The van der Waals surface area contributed by atoms with Crippen molar-refractivity contribution in [1.29, 1.82) is 0 Å². The zero-order valence-electron chi connectivity index (χ0n) is 17.2. The number of aromatic nitrogens is 1. The summed E-state index contributed by atoms with van der Waals surface area (Å²) in [5, 5.41) is 2.90. The van der Waals surface area contributed by atoms with E-state index in [1.54, 1.807) is 17.5 Å². The summed E-state index contributed by atoms with van der Waals surface area (Å²) in [4.78, 5) is 29.1. The highest BCUT2D eigenvalue weighted by Gasteiger charge is 2.33. The first kappa shape index (κ1) is 19.6. The standard InChI is InChI=1S/C25H22N2O3S/c1-30-25(29)20-15-26(21-10-6-5-9-18(20)21)16-23(28)27-13-11-22-19(12-14-31-22)24(27)17-7-3-2-4-8-17/h2-10,12,14-15,24H,11,13,16H2,1H3. The fraction of sp³-hybridized carbons (Fsp3) is 0.200. The summed E-state index contributed by atoms with van der Waals surface area (Å²) in [6.07, 6.45) is 2.59. The first-order chi connectivity index (χ1) is 15.2. The van der Waals surface area contributed by atoms with Gasteiger partial charge in [-0.25, -0.2) is 4.79 Å². The van der Waals surface area contributed by atoms with Gasteiger partial charge < -0.3 is 14.2 Å². The molecular weight excluding hydrogens is 408 g/mol. The van der Waals surface area contributed by atoms with Crippen LogP contribution in [-0.4, -0.2) is 35.0 Å². The van der Waals surface area contributed by atoms with Gasteiger partial charge in [0.25, 0.3) is 0 Å². The molecule has 5 nitrogen and oxygen atoms in total. The first-order valence-electron chi connectivity index (χ1n) is 10.2. The predicted molar refractivity (Wildman–Crippen MR) is 121 cm³/mol. The van der Waals surface area contributed by atoms with Gasteiger partial charge in [-0.15, -0.1) is 11.3 Å². The minimum absolute atomic E-state index is 0.0304. The maximum absolute atomic E-state index is 13.6. The number of hydrogen-bond donors (Lipinski definition) is 0. The molecule has 1 amide bonds. The average molecular weight is 431 g/mol. The molecule has 2 aromatic heterocycles. The molecular formula is C25H22N2O3S. The summed E-state index contributed by atoms with van der Waals surface area (Å²) in [6.45, 7) is 0.843. The molecule has 0 radical (unpaired) electrons. The molecule has 1 aliphatic heterocycles. The number of thiophene rings is 1. The Labute approximate surface area is 184 Å². The van der Waals surface area contributed by atoms with Crippen molar-refractivity contribution in [3.63, 3.8) is 0 Å². The number of carbonyl (C=O) groups is 2. The molecule has 0 saturated carbocycles. The van der Waals surface area contributed by atoms with E-state index < -0.39 is 5.97 Å². The third-order valence-corrected chi connectivity index (χ3v) is 6.90. The molecule has 3 heterocycles. The summed E-state index contributed by atoms with van der Waals surface area (Å²) in [5.74, 6) is -0.367. The Bertz CT molecular complexity index is 1260. The van der Waals surface area contributed by atoms with Gasteiger partial charge >= 0.3 is 5.97 Å². The molecule has 0 aliphatic carbocycles. The average Bonchev–Trinajstić information content (AvgIpc) is 3.43. The van der Waals surface area contributed by atoms with Gasteiger partial charge in [-0.05, 0) is 35.1 Å². The monoisotopic (exact) mass is 430 g/mol. The van der Waals surface area contributed by atoms with Gasteiger partial charge in [0, 0.05) is 28.5 Å². The fourth-order valence-electron chi connectivity index (χ4n) is 4.47. The molecule has 0 bridgehead atoms. The van der Waals surface area contributed by atoms with Crippen molar-refractivity contribution in [2.75, 3.05) is 13.7 Å². The van der Waals surface area contributed by atoms with Crippen molar-refractivity contribution in [3.05, 3.63) is 93.8 Å². The number of benzene rings is 2. The number of methoxy groups -OCH3 is 1. The molecule has 1 atom stereocenters. The van der Waals surface area contributed by atoms with Crippen molar-refractivity contribution in [2.45, 2.75) is 19.0 Å². The van der Waals surface area contributed by atoms with E-state index in [9.17, 15) is 9.59 Å². The Hall–Kier alpha value is -3.38. The van der Waals surface area contributed by atoms with Gasteiger partial charge in [-0.2, -0.15) is 0 Å². The minimum Gasteiger partial charge on any atom is -0.465 e. The van der Waals surface area contributed by atoms with Crippen LogP contribution in [0.2, 0.25) is 0 Å². The second-order valence-corrected chi connectivity index (χ2v) is 8.63. The second kappa shape index (κ2) is 8.04. The summed E-state index contributed by atoms with van der Waals surface area (Å²) in [7, 11) is 1.37. The maximum Gasteiger partial charge on any atom is 0.340 e. The highest BCUT2D eigenvalue weighted by Crippen LogP contribution is 2.38. The fourth-order valence-corrected chi connectivity index (χ4v) is 5.37. The second-order valence-electron chi connectivity index (χ2n) is 7.63. The SMILES string of the molecule is COC(=O)c1cn(CC(=O)N2CCc3sccc3C2c2ccccc2)c2ccccc12. The summed E-state index contributed by atoms with van der Waals surface area (Å²) >= 11 is 1.76. The molecule has 31 heavy (non-hydrogen) atoms. The Morgan fingerprint density at radius 3 is 2.65 bits per heavy atom. The van der Waals surface area contributed by atoms with Crippen LogP contribution in [0.25, 0.3) is 10.9 Å². The van der Waals surface area contributed by atoms with Crippen LogP contribution in [0, 0.1) is 0 Å². The summed E-state index contributed by atoms with van der Waals surface area (Å²) in [5.41, 5.74) is 3.65. The topological polar surface area (TPSA) is 51.5 Å². The van der Waals surface area contributed by atoms with E-state index in [1.165, 1.54) is 17.6 Å². The Kier molecular flexibility index (Phi) is 5.08. The lowest BCUT2D eigenvalue weighted by atomic mass is 9.93. The van der Waals surface area contributed by atoms with Gasteiger partial charge in [-0.1, -0.05) is 48.5 Å². The van der Waals surface area contributed by atoms with Crippen molar-refractivity contribution < 1.29 is 14.3 Å². The molecule has 4 aromatic rings. The predicted octanol–water partition coefficient (Wildman–Crippen LogP) is 4.66. The Morgan fingerprint density at radius 2 is 1.84 bits per heavy atom. The van der Waals surface area contributed by atoms with Crippen LogP contribution < -0.4 is 0 Å². The molecule has 0 spiro atoms. The van der Waals surface area contributed by atoms with Gasteiger partial charge in [0.2, 0.25) is 5.91 Å². The zero-order valence-corrected chi connectivity index (χ0v) is 18.0. The lowest BCUT2D eigenvalue weighted by Crippen LogP contribution is -2.41. The third kappa shape index (κ3) is 3.43. The van der Waals surface area contributed by atoms with Crippen LogP contribution in [0.5, 0.6) is 0 Å². The van der Waals surface area contributed by atoms with E-state index in [0.29, 0.717) is 12.1 Å². The molecule has 0 fully saturated rings. The summed E-state index contributed by atoms with van der Waals surface area (Å²) < 4.78 is 6.79. The number of carbonyl (C=O) groups excluding carboxylic acids is 2. The number of nitrogens with zero attached hydrogens (tertiary/aromatic N) is 2. The van der Waals surface area contributed by atoms with E-state index in [0.717, 1.165) is 22.9 Å². The number of rotatable bonds is 4. The molecule has 0 N–H and O–H groups in total. The number of ether oxygens (including phenoxy) is 1. The van der Waals surface area contributed by atoms with E-state index in [1.807, 2.05) is 51.9 Å². The Balaban J connectivity index is 1.51. The Morgan fingerprint density at radius 1 is 1.06 bits per heavy atom. The number of amides is 1. The van der Waals surface area contributed by atoms with Gasteiger partial charge in [0.05, 0.1) is 18.7 Å². The molecule has 6 heteroatoms. The number of fused-ring (bicyclic) bond motifs is 2. The quantitative estimate of drug-likeness (QED) is 0.443. The van der Waals surface area contributed by atoms with E-state index in [2.05, 4.69) is 23.6 Å². The van der Waals surface area contributed by atoms with Crippen LogP contribution in [0.3, 0.4) is 0 Å². The van der Waals surface area contributed by atoms with Crippen molar-refractivity contribution in [3.8, 4) is 0 Å². The van der Waals surface area contributed by atoms with Crippen LogP contribution in [-0.2, 0) is 22.5 Å². The zero-order chi connectivity index (χ0) is 21.4. The van der Waals surface area contributed by atoms with Crippen LogP contribution >= 0.6 is 11.3 Å². The number of esters is 1. The van der Waals surface area contributed by atoms with Crippen molar-refractivity contribution in [2.24, 2.45) is 0 Å². The lowest BCUT2D eigenvalue weighted by molar-refractivity contribution is -0.133. The maximum atomic E-state index is 13.6. The molecule has 2 aromatic carbocycles. The van der Waals surface area contributed by atoms with E-state index in [4.69, 9.17) is 4.74 Å². The third-order valence-electron chi connectivity index (χ3n) is 5.90. The van der Waals surface area contributed by atoms with Gasteiger partial charge in [0.15, 0.2) is 0 Å². The number of para-hydroxylation sites is 1. The highest BCUT2D eigenvalue weighted by atomic mass is 32.1. The van der Waals surface area contributed by atoms with E-state index >= 15 is 0 Å². The van der Waals surface area contributed by atoms with Crippen molar-refractivity contribution >= 4 is 34.1 Å². The van der Waals surface area contributed by atoms with Crippen LogP contribution in [0.15, 0.2) is 72.2 Å². The van der Waals surface area contributed by atoms with Gasteiger partial charge in [-0.3, -0.25) is 4.79 Å². The smallest absolute Gasteiger partial charge is 0.340 e. The number of hydrogen-bond acceptors (Lipinski definition) is 4. The first-order valence-corrected chi connectivity index (χ1v) is 11.1. The molecule has 5 rings (SSSR count). The van der Waals surface area contributed by atoms with Crippen LogP contribution in [0.1, 0.15) is 32.4 Å². The van der Waals surface area contributed by atoms with Gasteiger partial charge in [0.1, 0.15) is 6.54 Å². The van der Waals surface area contributed by atoms with Crippen LogP contribution in [0.4, 0.5) is 0 Å². The van der Waals surface area contributed by atoms with E-state index in [-0.39, 0.29) is 18.5 Å². The normalized spacial score (nSPS) is 15.6. The summed E-state index contributed by atoms with van der Waals surface area (Å²) in [6, 6.07) is 19.8. The largest absolute Gasteiger partial charge is 0.465 e.